The first kappa shape index (κ1) is 16.4. The summed E-state index contributed by atoms with van der Waals surface area (Å²) in [4.78, 5) is 0. The van der Waals surface area contributed by atoms with Gasteiger partial charge in [0.05, 0.1) is 0 Å². The molecule has 0 amide bonds. The van der Waals surface area contributed by atoms with Crippen LogP contribution in [-0.2, 0) is 0 Å². The highest BCUT2D eigenvalue weighted by molar-refractivity contribution is 5.84. The third kappa shape index (κ3) is 2.73. The Kier molecular flexibility index (Phi) is 4.23. The Hall–Kier alpha value is -2.48. The van der Waals surface area contributed by atoms with Gasteiger partial charge in [-0.3, -0.25) is 0 Å². The van der Waals surface area contributed by atoms with E-state index in [1.807, 2.05) is 24.3 Å². The molecule has 0 saturated carbocycles. The minimum absolute atomic E-state index is 0.406. The van der Waals surface area contributed by atoms with Crippen molar-refractivity contribution in [1.82, 2.24) is 0 Å². The summed E-state index contributed by atoms with van der Waals surface area (Å²) < 4.78 is 0. The summed E-state index contributed by atoms with van der Waals surface area (Å²) in [6.45, 7) is 9.08. The lowest BCUT2D eigenvalue weighted by atomic mass is 9.69. The van der Waals surface area contributed by atoms with Crippen LogP contribution in [0.15, 0.2) is 65.3 Å². The number of nitrogen functional groups attached to an aromatic ring is 2. The molecule has 0 fully saturated rings. The Morgan fingerprint density at radius 2 is 1.21 bits per heavy atom. The standard InChI is InChI=1S/C22H26N2/c1-13-14(2)22(18-7-11-20(24)12-8-18)16(4)15(3)21(13)17-5-9-19(23)10-6-17/h5-13,21H,23-24H2,1-4H3. The molecular formula is C22H26N2. The largest absolute Gasteiger partial charge is 0.399 e. The Balaban J connectivity index is 2.09. The van der Waals surface area contributed by atoms with Crippen LogP contribution in [0, 0.1) is 5.92 Å². The molecule has 24 heavy (non-hydrogen) atoms. The van der Waals surface area contributed by atoms with Gasteiger partial charge in [0.1, 0.15) is 0 Å². The highest BCUT2D eigenvalue weighted by Crippen LogP contribution is 2.47. The van der Waals surface area contributed by atoms with Gasteiger partial charge in [-0.1, -0.05) is 42.3 Å². The third-order valence-corrected chi connectivity index (χ3v) is 5.51. The van der Waals surface area contributed by atoms with Crippen molar-refractivity contribution in [1.29, 1.82) is 0 Å². The molecule has 3 rings (SSSR count). The zero-order chi connectivity index (χ0) is 17.4. The molecule has 2 unspecified atom stereocenters. The second-order valence-electron chi connectivity index (χ2n) is 6.92. The maximum atomic E-state index is 5.86. The summed E-state index contributed by atoms with van der Waals surface area (Å²) in [7, 11) is 0. The highest BCUT2D eigenvalue weighted by atomic mass is 14.5. The lowest BCUT2D eigenvalue weighted by molar-refractivity contribution is 0.571. The van der Waals surface area contributed by atoms with E-state index in [9.17, 15) is 0 Å². The number of hydrogen-bond acceptors (Lipinski definition) is 2. The number of hydrogen-bond donors (Lipinski definition) is 2. The van der Waals surface area contributed by atoms with Crippen molar-refractivity contribution >= 4 is 16.9 Å². The minimum atomic E-state index is 0.406. The first-order chi connectivity index (χ1) is 11.4. The maximum absolute atomic E-state index is 5.86. The Morgan fingerprint density at radius 1 is 0.708 bits per heavy atom. The predicted octanol–water partition coefficient (Wildman–Crippen LogP) is 5.39. The van der Waals surface area contributed by atoms with Crippen molar-refractivity contribution < 1.29 is 0 Å². The van der Waals surface area contributed by atoms with Crippen LogP contribution in [0.25, 0.3) is 5.57 Å². The van der Waals surface area contributed by atoms with E-state index in [0.29, 0.717) is 11.8 Å². The second-order valence-corrected chi connectivity index (χ2v) is 6.92. The first-order valence-electron chi connectivity index (χ1n) is 8.50. The van der Waals surface area contributed by atoms with Crippen molar-refractivity contribution in [2.24, 2.45) is 5.92 Å². The molecule has 0 radical (unpaired) electrons. The van der Waals surface area contributed by atoms with E-state index >= 15 is 0 Å². The average Bonchev–Trinajstić information content (AvgIpc) is 2.57. The molecule has 0 heterocycles. The lowest BCUT2D eigenvalue weighted by Crippen LogP contribution is -2.19. The predicted molar refractivity (Wildman–Crippen MR) is 105 cm³/mol. The molecule has 2 nitrogen and oxygen atoms in total. The number of allylic oxidation sites excluding steroid dienone is 4. The normalized spacial score (nSPS) is 21.3. The fourth-order valence-corrected chi connectivity index (χ4v) is 3.91. The monoisotopic (exact) mass is 318 g/mol. The van der Waals surface area contributed by atoms with E-state index in [-0.39, 0.29) is 0 Å². The van der Waals surface area contributed by atoms with Gasteiger partial charge in [0, 0.05) is 17.3 Å². The highest BCUT2D eigenvalue weighted by Gasteiger charge is 2.30. The summed E-state index contributed by atoms with van der Waals surface area (Å²) in [5.41, 5.74) is 21.5. The van der Waals surface area contributed by atoms with Crippen LogP contribution in [-0.4, -0.2) is 0 Å². The van der Waals surface area contributed by atoms with Crippen molar-refractivity contribution in [3.8, 4) is 0 Å². The second kappa shape index (κ2) is 6.20. The molecule has 4 N–H and O–H groups in total. The molecule has 1 aliphatic carbocycles. The molecule has 2 heteroatoms. The zero-order valence-corrected chi connectivity index (χ0v) is 14.9. The molecule has 0 aliphatic heterocycles. The van der Waals surface area contributed by atoms with Gasteiger partial charge in [-0.05, 0) is 73.2 Å². The van der Waals surface area contributed by atoms with E-state index in [1.165, 1.54) is 33.4 Å². The van der Waals surface area contributed by atoms with Gasteiger partial charge >= 0.3 is 0 Å². The van der Waals surface area contributed by atoms with E-state index in [1.54, 1.807) is 0 Å². The first-order valence-corrected chi connectivity index (χ1v) is 8.50. The van der Waals surface area contributed by atoms with Gasteiger partial charge < -0.3 is 11.5 Å². The molecule has 0 spiro atoms. The summed E-state index contributed by atoms with van der Waals surface area (Å²) in [6, 6.07) is 16.5. The number of nitrogens with two attached hydrogens (primary N) is 2. The van der Waals surface area contributed by atoms with Gasteiger partial charge in [0.2, 0.25) is 0 Å². The van der Waals surface area contributed by atoms with Crippen LogP contribution < -0.4 is 11.5 Å². The van der Waals surface area contributed by atoms with Crippen molar-refractivity contribution in [2.75, 3.05) is 11.5 Å². The summed E-state index contributed by atoms with van der Waals surface area (Å²) in [6.07, 6.45) is 0. The Bertz CT molecular complexity index is 808. The van der Waals surface area contributed by atoms with Crippen molar-refractivity contribution in [2.45, 2.75) is 33.6 Å². The fourth-order valence-electron chi connectivity index (χ4n) is 3.91. The van der Waals surface area contributed by atoms with E-state index < -0.39 is 0 Å². The van der Waals surface area contributed by atoms with Gasteiger partial charge in [0.25, 0.3) is 0 Å². The van der Waals surface area contributed by atoms with Crippen LogP contribution in [0.4, 0.5) is 11.4 Å². The molecule has 2 aromatic rings. The van der Waals surface area contributed by atoms with Crippen LogP contribution in [0.5, 0.6) is 0 Å². The van der Waals surface area contributed by atoms with E-state index in [0.717, 1.165) is 11.4 Å². The van der Waals surface area contributed by atoms with Crippen molar-refractivity contribution in [3.63, 3.8) is 0 Å². The van der Waals surface area contributed by atoms with Gasteiger partial charge in [-0.15, -0.1) is 0 Å². The van der Waals surface area contributed by atoms with Crippen molar-refractivity contribution in [3.05, 3.63) is 76.4 Å². The molecule has 124 valence electrons. The van der Waals surface area contributed by atoms with Crippen LogP contribution in [0.3, 0.4) is 0 Å². The summed E-state index contributed by atoms with van der Waals surface area (Å²) in [5.74, 6) is 0.855. The average molecular weight is 318 g/mol. The number of anilines is 2. The number of benzene rings is 2. The van der Waals surface area contributed by atoms with E-state index in [2.05, 4.69) is 52.0 Å². The van der Waals surface area contributed by atoms with Crippen LogP contribution >= 0.6 is 0 Å². The Labute approximate surface area is 144 Å². The minimum Gasteiger partial charge on any atom is -0.399 e. The van der Waals surface area contributed by atoms with Crippen LogP contribution in [0.2, 0.25) is 0 Å². The Morgan fingerprint density at radius 3 is 1.75 bits per heavy atom. The molecule has 0 saturated heterocycles. The molecule has 2 atom stereocenters. The van der Waals surface area contributed by atoms with Gasteiger partial charge in [-0.2, -0.15) is 0 Å². The van der Waals surface area contributed by atoms with Gasteiger partial charge in [0.15, 0.2) is 0 Å². The fraction of sp³-hybridized carbons (Fsp3) is 0.273. The maximum Gasteiger partial charge on any atom is 0.0314 e. The molecule has 0 bridgehead atoms. The number of rotatable bonds is 2. The molecule has 0 aromatic heterocycles. The lowest BCUT2D eigenvalue weighted by Gasteiger charge is -2.35. The third-order valence-electron chi connectivity index (χ3n) is 5.51. The zero-order valence-electron chi connectivity index (χ0n) is 14.9. The summed E-state index contributed by atoms with van der Waals surface area (Å²) >= 11 is 0. The smallest absolute Gasteiger partial charge is 0.0314 e. The molecule has 2 aromatic carbocycles. The van der Waals surface area contributed by atoms with Gasteiger partial charge in [-0.25, -0.2) is 0 Å². The summed E-state index contributed by atoms with van der Waals surface area (Å²) in [5, 5.41) is 0. The molecular weight excluding hydrogens is 292 g/mol. The van der Waals surface area contributed by atoms with Crippen LogP contribution in [0.1, 0.15) is 44.7 Å². The topological polar surface area (TPSA) is 52.0 Å². The quantitative estimate of drug-likeness (QED) is 0.729. The van der Waals surface area contributed by atoms with E-state index in [4.69, 9.17) is 11.5 Å². The molecule has 1 aliphatic rings. The SMILES string of the molecule is CC1=C(C)C(c2ccc(N)cc2)C(C)C(C)=C1c1ccc(N)cc1.